The molecule has 0 aliphatic heterocycles. The van der Waals surface area contributed by atoms with E-state index in [0.29, 0.717) is 17.3 Å². The molecule has 0 saturated carbocycles. The van der Waals surface area contributed by atoms with E-state index in [1.807, 2.05) is 5.32 Å². The summed E-state index contributed by atoms with van der Waals surface area (Å²) in [5.41, 5.74) is -0.803. The lowest BCUT2D eigenvalue weighted by molar-refractivity contribution is -0.174. The van der Waals surface area contributed by atoms with Crippen molar-refractivity contribution >= 4 is 23.6 Å². The summed E-state index contributed by atoms with van der Waals surface area (Å²) in [5, 5.41) is 22.2. The fourth-order valence-corrected chi connectivity index (χ4v) is 4.09. The van der Waals surface area contributed by atoms with Crippen LogP contribution in [0.5, 0.6) is 0 Å². The summed E-state index contributed by atoms with van der Waals surface area (Å²) >= 11 is 0. The third-order valence-corrected chi connectivity index (χ3v) is 5.88. The zero-order chi connectivity index (χ0) is 32.2. The van der Waals surface area contributed by atoms with E-state index in [1.165, 1.54) is 42.6 Å². The zero-order valence-electron chi connectivity index (χ0n) is 23.5. The van der Waals surface area contributed by atoms with Crippen molar-refractivity contribution < 1.29 is 41.4 Å². The number of carbonyl (C=O) groups is 2. The fourth-order valence-electron chi connectivity index (χ4n) is 4.09. The maximum Gasteiger partial charge on any atom is 0.471 e. The minimum absolute atomic E-state index is 0.0256. The van der Waals surface area contributed by atoms with Crippen molar-refractivity contribution in [3.8, 4) is 23.0 Å². The predicted octanol–water partition coefficient (Wildman–Crippen LogP) is 4.72. The van der Waals surface area contributed by atoms with E-state index in [2.05, 4.69) is 32.3 Å². The van der Waals surface area contributed by atoms with Crippen molar-refractivity contribution in [2.45, 2.75) is 45.0 Å². The molecule has 3 aromatic heterocycles. The van der Waals surface area contributed by atoms with E-state index < -0.39 is 47.9 Å². The molecule has 10 nitrogen and oxygen atoms in total. The summed E-state index contributed by atoms with van der Waals surface area (Å²) in [6, 6.07) is 6.84. The van der Waals surface area contributed by atoms with Crippen molar-refractivity contribution in [1.29, 1.82) is 0 Å². The number of aromatic nitrogens is 4. The second-order valence-corrected chi connectivity index (χ2v) is 9.96. The third kappa shape index (κ3) is 8.04. The summed E-state index contributed by atoms with van der Waals surface area (Å²) in [6.07, 6.45) is -5.13. The summed E-state index contributed by atoms with van der Waals surface area (Å²) < 4.78 is 74.6. The predicted molar refractivity (Wildman–Crippen MR) is 147 cm³/mol. The number of aliphatic hydroxyl groups is 1. The molecule has 15 heteroatoms. The van der Waals surface area contributed by atoms with Crippen LogP contribution in [0.15, 0.2) is 48.7 Å². The molecule has 3 N–H and O–H groups in total. The van der Waals surface area contributed by atoms with Crippen LogP contribution in [-0.2, 0) is 16.0 Å². The number of carbonyl (C=O) groups excluding carboxylic acids is 2. The fraction of sp³-hybridized carbons (Fsp3) is 0.276. The van der Waals surface area contributed by atoms with E-state index >= 15 is 0 Å². The lowest BCUT2D eigenvalue weighted by Gasteiger charge is -2.22. The molecule has 0 fully saturated rings. The zero-order valence-corrected chi connectivity index (χ0v) is 23.5. The Morgan fingerprint density at radius 3 is 2.41 bits per heavy atom. The number of halogens is 5. The second-order valence-electron chi connectivity index (χ2n) is 9.96. The summed E-state index contributed by atoms with van der Waals surface area (Å²) in [5.74, 6) is 0.908. The lowest BCUT2D eigenvalue weighted by atomic mass is 9.95. The number of benzene rings is 1. The normalized spacial score (nSPS) is 12.3. The maximum atomic E-state index is 14.0. The molecule has 44 heavy (non-hydrogen) atoms. The number of anilines is 1. The SMILES string of the molecule is CCOC(=O)Nc1nnc2ccc(-c3ccc(C#CC(C)(C)O)nc3[C@H](Cc3cc(F)cc(F)c3)NC(=O)C(F)(F)F)cn12. The quantitative estimate of drug-likeness (QED) is 0.202. The first kappa shape index (κ1) is 31.8. The first-order valence-corrected chi connectivity index (χ1v) is 13.0. The highest BCUT2D eigenvalue weighted by Crippen LogP contribution is 2.31. The van der Waals surface area contributed by atoms with Crippen LogP contribution in [0.4, 0.5) is 32.7 Å². The largest absolute Gasteiger partial charge is 0.471 e. The van der Waals surface area contributed by atoms with Crippen LogP contribution in [0.1, 0.15) is 43.8 Å². The second kappa shape index (κ2) is 12.6. The molecule has 4 rings (SSSR count). The van der Waals surface area contributed by atoms with Crippen molar-refractivity contribution in [2.75, 3.05) is 11.9 Å². The maximum absolute atomic E-state index is 14.0. The Hall–Kier alpha value is -5.10. The van der Waals surface area contributed by atoms with Gasteiger partial charge < -0.3 is 15.2 Å². The van der Waals surface area contributed by atoms with Gasteiger partial charge >= 0.3 is 18.2 Å². The Balaban J connectivity index is 1.90. The first-order chi connectivity index (χ1) is 20.6. The highest BCUT2D eigenvalue weighted by atomic mass is 19.4. The van der Waals surface area contributed by atoms with Crippen LogP contribution in [0.25, 0.3) is 16.8 Å². The molecule has 0 aliphatic rings. The number of nitrogens with one attached hydrogen (secondary N) is 2. The van der Waals surface area contributed by atoms with Gasteiger partial charge in [-0.15, -0.1) is 10.2 Å². The Morgan fingerprint density at radius 1 is 1.07 bits per heavy atom. The molecule has 4 aromatic rings. The van der Waals surface area contributed by atoms with E-state index in [9.17, 15) is 36.6 Å². The topological polar surface area (TPSA) is 131 Å². The molecule has 0 unspecified atom stereocenters. The molecule has 0 saturated heterocycles. The molecule has 230 valence electrons. The van der Waals surface area contributed by atoms with Crippen molar-refractivity contribution in [1.82, 2.24) is 24.9 Å². The molecule has 1 atom stereocenters. The third-order valence-electron chi connectivity index (χ3n) is 5.88. The number of hydrogen-bond donors (Lipinski definition) is 3. The van der Waals surface area contributed by atoms with Gasteiger partial charge in [-0.2, -0.15) is 13.2 Å². The highest BCUT2D eigenvalue weighted by molar-refractivity contribution is 5.83. The Kier molecular flexibility index (Phi) is 9.14. The van der Waals surface area contributed by atoms with Crippen LogP contribution >= 0.6 is 0 Å². The van der Waals surface area contributed by atoms with Crippen LogP contribution in [0.2, 0.25) is 0 Å². The molecular weight excluding hydrogens is 591 g/mol. The Labute approximate surface area is 247 Å². The summed E-state index contributed by atoms with van der Waals surface area (Å²) in [6.45, 7) is 4.52. The van der Waals surface area contributed by atoms with Gasteiger partial charge in [-0.05, 0) is 75.1 Å². The average molecular weight is 617 g/mol. The van der Waals surface area contributed by atoms with Gasteiger partial charge in [-0.1, -0.05) is 5.92 Å². The van der Waals surface area contributed by atoms with Crippen molar-refractivity contribution in [2.24, 2.45) is 0 Å². The van der Waals surface area contributed by atoms with Gasteiger partial charge in [0.05, 0.1) is 18.3 Å². The average Bonchev–Trinajstić information content (AvgIpc) is 3.31. The molecule has 3 heterocycles. The number of pyridine rings is 2. The van der Waals surface area contributed by atoms with Gasteiger partial charge in [0, 0.05) is 23.4 Å². The minimum atomic E-state index is -5.29. The van der Waals surface area contributed by atoms with E-state index in [4.69, 9.17) is 4.74 Å². The van der Waals surface area contributed by atoms with Gasteiger partial charge in [0.1, 0.15) is 22.9 Å². The number of alkyl halides is 3. The van der Waals surface area contributed by atoms with Crippen molar-refractivity contribution in [3.63, 3.8) is 0 Å². The Morgan fingerprint density at radius 2 is 1.77 bits per heavy atom. The standard InChI is InChI=1S/C29H25F5N6O4/c1-4-44-27(42)37-26-39-38-23-8-5-17(15-40(23)26)21-7-6-20(9-10-28(2,3)43)35-24(21)22(36-25(41)29(32,33)34)13-16-11-18(30)14-19(31)12-16/h5-8,11-12,14-15,22,43H,4,13H2,1-3H3,(H,36,41)(H,37,39,42)/t22-/m0/s1. The summed E-state index contributed by atoms with van der Waals surface area (Å²) in [7, 11) is 0. The molecule has 0 radical (unpaired) electrons. The Bertz CT molecular complexity index is 1750. The van der Waals surface area contributed by atoms with E-state index in [0.717, 1.165) is 12.1 Å². The van der Waals surface area contributed by atoms with Gasteiger partial charge in [0.25, 0.3) is 0 Å². The smallest absolute Gasteiger partial charge is 0.450 e. The number of amides is 2. The van der Waals surface area contributed by atoms with Crippen LogP contribution < -0.4 is 10.6 Å². The molecular formula is C29H25F5N6O4. The monoisotopic (exact) mass is 616 g/mol. The summed E-state index contributed by atoms with van der Waals surface area (Å²) in [4.78, 5) is 28.6. The van der Waals surface area contributed by atoms with Crippen LogP contribution in [0, 0.1) is 23.5 Å². The number of rotatable bonds is 7. The molecule has 0 aliphatic carbocycles. The van der Waals surface area contributed by atoms with Crippen LogP contribution in [0.3, 0.4) is 0 Å². The van der Waals surface area contributed by atoms with E-state index in [1.54, 1.807) is 13.0 Å². The van der Waals surface area contributed by atoms with Gasteiger partial charge in [-0.3, -0.25) is 14.5 Å². The molecule has 2 amide bonds. The lowest BCUT2D eigenvalue weighted by Crippen LogP contribution is -2.40. The highest BCUT2D eigenvalue weighted by Gasteiger charge is 2.40. The van der Waals surface area contributed by atoms with Gasteiger partial charge in [-0.25, -0.2) is 18.6 Å². The molecule has 1 aromatic carbocycles. The number of hydrogen-bond acceptors (Lipinski definition) is 7. The van der Waals surface area contributed by atoms with Crippen molar-refractivity contribution in [3.05, 3.63) is 77.2 Å². The molecule has 0 spiro atoms. The van der Waals surface area contributed by atoms with Gasteiger partial charge in [0.2, 0.25) is 5.95 Å². The first-order valence-electron chi connectivity index (χ1n) is 13.0. The van der Waals surface area contributed by atoms with Gasteiger partial charge in [0.15, 0.2) is 5.65 Å². The number of nitrogens with zero attached hydrogens (tertiary/aromatic N) is 4. The number of ether oxygens (including phenoxy) is 1. The van der Waals surface area contributed by atoms with E-state index in [-0.39, 0.29) is 35.1 Å². The minimum Gasteiger partial charge on any atom is -0.450 e. The molecule has 0 bridgehead atoms. The van der Waals surface area contributed by atoms with Crippen LogP contribution in [-0.4, -0.2) is 55.1 Å². The number of fused-ring (bicyclic) bond motifs is 1.